The van der Waals surface area contributed by atoms with E-state index in [2.05, 4.69) is 0 Å². The lowest BCUT2D eigenvalue weighted by Crippen LogP contribution is -1.85. The van der Waals surface area contributed by atoms with Crippen LogP contribution in [-0.2, 0) is 0 Å². The molecule has 0 aliphatic carbocycles. The minimum atomic E-state index is 0.760. The van der Waals surface area contributed by atoms with Gasteiger partial charge < -0.3 is 16.2 Å². The molecule has 0 fully saturated rings. The predicted octanol–water partition coefficient (Wildman–Crippen LogP) is 2.85. The molecule has 0 aliphatic heterocycles. The molecule has 3 heteroatoms. The van der Waals surface area contributed by atoms with Gasteiger partial charge in [0.15, 0.2) is 0 Å². The third-order valence-corrected chi connectivity index (χ3v) is 2.30. The SMILES string of the molecule is COc1ccc(N)cc1.Cc1ccccc1N. The first-order valence-electron chi connectivity index (χ1n) is 5.34. The maximum Gasteiger partial charge on any atom is 0.119 e. The number of nitrogen functional groups attached to an aromatic ring is 2. The molecule has 0 unspecified atom stereocenters. The number of anilines is 2. The summed E-state index contributed by atoms with van der Waals surface area (Å²) in [5.74, 6) is 0.837. The minimum absolute atomic E-state index is 0.760. The molecular weight excluding hydrogens is 212 g/mol. The first-order chi connectivity index (χ1) is 8.13. The topological polar surface area (TPSA) is 61.3 Å². The third-order valence-electron chi connectivity index (χ3n) is 2.30. The fourth-order valence-corrected chi connectivity index (χ4v) is 1.19. The second-order valence-electron chi connectivity index (χ2n) is 3.63. The van der Waals surface area contributed by atoms with Gasteiger partial charge in [0.2, 0.25) is 0 Å². The van der Waals surface area contributed by atoms with E-state index in [1.54, 1.807) is 19.2 Å². The molecule has 2 rings (SSSR count). The standard InChI is InChI=1S/C7H9NO.C7H9N/c1-9-7-4-2-6(8)3-5-7;1-6-4-2-3-5-7(6)8/h2-5H,8H2,1H3;2-5H,8H2,1H3. The van der Waals surface area contributed by atoms with Crippen LogP contribution in [0.1, 0.15) is 5.56 Å². The van der Waals surface area contributed by atoms with E-state index in [4.69, 9.17) is 16.2 Å². The van der Waals surface area contributed by atoms with Gasteiger partial charge >= 0.3 is 0 Å². The van der Waals surface area contributed by atoms with Crippen molar-refractivity contribution in [1.82, 2.24) is 0 Å². The fourth-order valence-electron chi connectivity index (χ4n) is 1.19. The molecule has 0 saturated carbocycles. The van der Waals surface area contributed by atoms with Crippen molar-refractivity contribution in [3.05, 3.63) is 54.1 Å². The van der Waals surface area contributed by atoms with Gasteiger partial charge in [0.05, 0.1) is 7.11 Å². The molecule has 0 aliphatic rings. The van der Waals surface area contributed by atoms with Crippen molar-refractivity contribution >= 4 is 11.4 Å². The lowest BCUT2D eigenvalue weighted by Gasteiger charge is -1.97. The summed E-state index contributed by atoms with van der Waals surface area (Å²) in [5, 5.41) is 0. The number of benzene rings is 2. The summed E-state index contributed by atoms with van der Waals surface area (Å²) in [6.07, 6.45) is 0. The van der Waals surface area contributed by atoms with E-state index in [1.165, 1.54) is 0 Å². The highest BCUT2D eigenvalue weighted by Gasteiger charge is 1.86. The molecule has 0 saturated heterocycles. The van der Waals surface area contributed by atoms with E-state index in [0.717, 1.165) is 22.7 Å². The Bertz CT molecular complexity index is 431. The quantitative estimate of drug-likeness (QED) is 0.740. The van der Waals surface area contributed by atoms with Crippen LogP contribution in [0, 0.1) is 6.92 Å². The summed E-state index contributed by atoms with van der Waals surface area (Å²) >= 11 is 0. The van der Waals surface area contributed by atoms with E-state index in [9.17, 15) is 0 Å². The fraction of sp³-hybridized carbons (Fsp3) is 0.143. The van der Waals surface area contributed by atoms with Crippen LogP contribution in [0.4, 0.5) is 11.4 Å². The molecule has 90 valence electrons. The van der Waals surface area contributed by atoms with Gasteiger partial charge in [0.25, 0.3) is 0 Å². The Balaban J connectivity index is 0.000000171. The molecular formula is C14H18N2O. The number of para-hydroxylation sites is 1. The number of nitrogens with two attached hydrogens (primary N) is 2. The average molecular weight is 230 g/mol. The van der Waals surface area contributed by atoms with Gasteiger partial charge in [0.1, 0.15) is 5.75 Å². The summed E-state index contributed by atoms with van der Waals surface area (Å²) < 4.78 is 4.91. The zero-order valence-electron chi connectivity index (χ0n) is 10.2. The summed E-state index contributed by atoms with van der Waals surface area (Å²) in [7, 11) is 1.63. The first kappa shape index (κ1) is 12.9. The number of ether oxygens (including phenoxy) is 1. The maximum absolute atomic E-state index is 5.52. The van der Waals surface area contributed by atoms with Gasteiger partial charge in [-0.1, -0.05) is 18.2 Å². The van der Waals surface area contributed by atoms with E-state index in [-0.39, 0.29) is 0 Å². The number of rotatable bonds is 1. The lowest BCUT2D eigenvalue weighted by atomic mass is 10.2. The molecule has 0 aromatic heterocycles. The van der Waals surface area contributed by atoms with Gasteiger partial charge in [-0.2, -0.15) is 0 Å². The third kappa shape index (κ3) is 4.47. The Hall–Kier alpha value is -2.16. The highest BCUT2D eigenvalue weighted by Crippen LogP contribution is 2.11. The van der Waals surface area contributed by atoms with Crippen molar-refractivity contribution in [2.45, 2.75) is 6.92 Å². The molecule has 2 aromatic rings. The molecule has 3 nitrogen and oxygen atoms in total. The van der Waals surface area contributed by atoms with Crippen molar-refractivity contribution in [2.24, 2.45) is 0 Å². The minimum Gasteiger partial charge on any atom is -0.497 e. The van der Waals surface area contributed by atoms with E-state index < -0.39 is 0 Å². The van der Waals surface area contributed by atoms with Crippen molar-refractivity contribution in [1.29, 1.82) is 0 Å². The van der Waals surface area contributed by atoms with E-state index in [0.29, 0.717) is 0 Å². The van der Waals surface area contributed by atoms with Gasteiger partial charge in [-0.3, -0.25) is 0 Å². The molecule has 2 aromatic carbocycles. The van der Waals surface area contributed by atoms with Crippen LogP contribution in [-0.4, -0.2) is 7.11 Å². The van der Waals surface area contributed by atoms with Crippen LogP contribution in [0.25, 0.3) is 0 Å². The monoisotopic (exact) mass is 230 g/mol. The van der Waals surface area contributed by atoms with E-state index in [1.807, 2.05) is 43.3 Å². The molecule has 4 N–H and O–H groups in total. The zero-order chi connectivity index (χ0) is 12.7. The first-order valence-corrected chi connectivity index (χ1v) is 5.34. The van der Waals surface area contributed by atoms with E-state index >= 15 is 0 Å². The maximum atomic E-state index is 5.52. The van der Waals surface area contributed by atoms with Crippen LogP contribution in [0.15, 0.2) is 48.5 Å². The number of aryl methyl sites for hydroxylation is 1. The molecule has 0 heterocycles. The van der Waals surface area contributed by atoms with Crippen molar-refractivity contribution in [3.8, 4) is 5.75 Å². The normalized spacial score (nSPS) is 9.06. The van der Waals surface area contributed by atoms with Crippen LogP contribution < -0.4 is 16.2 Å². The molecule has 0 bridgehead atoms. The van der Waals surface area contributed by atoms with Crippen molar-refractivity contribution in [3.63, 3.8) is 0 Å². The Morgan fingerprint density at radius 1 is 0.882 bits per heavy atom. The molecule has 0 spiro atoms. The highest BCUT2D eigenvalue weighted by atomic mass is 16.5. The summed E-state index contributed by atoms with van der Waals surface area (Å²) in [4.78, 5) is 0. The van der Waals surface area contributed by atoms with Crippen molar-refractivity contribution < 1.29 is 4.74 Å². The summed E-state index contributed by atoms with van der Waals surface area (Å²) in [6.45, 7) is 2.00. The molecule has 17 heavy (non-hydrogen) atoms. The molecule has 0 amide bonds. The van der Waals surface area contributed by atoms with Crippen LogP contribution >= 0.6 is 0 Å². The second-order valence-corrected chi connectivity index (χ2v) is 3.63. The lowest BCUT2D eigenvalue weighted by molar-refractivity contribution is 0.415. The predicted molar refractivity (Wildman–Crippen MR) is 73.0 cm³/mol. The molecule has 0 atom stereocenters. The summed E-state index contributed by atoms with van der Waals surface area (Å²) in [6, 6.07) is 15.1. The van der Waals surface area contributed by atoms with Gasteiger partial charge in [-0.05, 0) is 42.8 Å². The van der Waals surface area contributed by atoms with Gasteiger partial charge in [-0.15, -0.1) is 0 Å². The Labute approximate surface area is 102 Å². The average Bonchev–Trinajstić information content (AvgIpc) is 2.35. The van der Waals surface area contributed by atoms with Crippen LogP contribution in [0.2, 0.25) is 0 Å². The Morgan fingerprint density at radius 2 is 1.47 bits per heavy atom. The molecule has 0 radical (unpaired) electrons. The number of hydrogen-bond donors (Lipinski definition) is 2. The van der Waals surface area contributed by atoms with Crippen LogP contribution in [0.3, 0.4) is 0 Å². The Kier molecular flexibility index (Phi) is 4.88. The number of hydrogen-bond acceptors (Lipinski definition) is 3. The zero-order valence-corrected chi connectivity index (χ0v) is 10.2. The van der Waals surface area contributed by atoms with Crippen LogP contribution in [0.5, 0.6) is 5.75 Å². The largest absolute Gasteiger partial charge is 0.497 e. The number of methoxy groups -OCH3 is 1. The van der Waals surface area contributed by atoms with Gasteiger partial charge in [0, 0.05) is 11.4 Å². The summed E-state index contributed by atoms with van der Waals surface area (Å²) in [5.41, 5.74) is 13.7. The second kappa shape index (κ2) is 6.43. The smallest absolute Gasteiger partial charge is 0.119 e. The Morgan fingerprint density at radius 3 is 1.88 bits per heavy atom. The van der Waals surface area contributed by atoms with Crippen molar-refractivity contribution in [2.75, 3.05) is 18.6 Å². The van der Waals surface area contributed by atoms with Gasteiger partial charge in [-0.25, -0.2) is 0 Å². The highest BCUT2D eigenvalue weighted by molar-refractivity contribution is 5.45.